The van der Waals surface area contributed by atoms with Gasteiger partial charge in [0.25, 0.3) is 5.91 Å². The van der Waals surface area contributed by atoms with E-state index in [1.165, 1.54) is 11.2 Å². The third kappa shape index (κ3) is 1.66. The predicted molar refractivity (Wildman–Crippen MR) is 70.2 cm³/mol. The van der Waals surface area contributed by atoms with Gasteiger partial charge in [0.15, 0.2) is 0 Å². The van der Waals surface area contributed by atoms with Crippen LogP contribution < -0.4 is 0 Å². The van der Waals surface area contributed by atoms with E-state index in [0.717, 1.165) is 0 Å². The highest BCUT2D eigenvalue weighted by Crippen LogP contribution is 2.31. The fourth-order valence-corrected chi connectivity index (χ4v) is 2.68. The highest BCUT2D eigenvalue weighted by Gasteiger charge is 2.46. The average molecular weight is 274 g/mol. The molecule has 7 heteroatoms. The van der Waals surface area contributed by atoms with Gasteiger partial charge < -0.3 is 15.0 Å². The van der Waals surface area contributed by atoms with Crippen LogP contribution in [0.3, 0.4) is 0 Å². The number of aromatic nitrogens is 3. The Bertz CT molecular complexity index is 696. The maximum absolute atomic E-state index is 12.6. The van der Waals surface area contributed by atoms with Gasteiger partial charge >= 0.3 is 5.97 Å². The van der Waals surface area contributed by atoms with Gasteiger partial charge in [-0.25, -0.2) is 14.8 Å². The van der Waals surface area contributed by atoms with E-state index in [0.29, 0.717) is 30.4 Å². The summed E-state index contributed by atoms with van der Waals surface area (Å²) in [5, 5.41) is 9.99. The number of carbonyl (C=O) groups excluding carboxylic acids is 1. The summed E-state index contributed by atoms with van der Waals surface area (Å²) in [4.78, 5) is 36.5. The number of aliphatic carboxylic acids is 1. The summed E-state index contributed by atoms with van der Waals surface area (Å²) in [6.45, 7) is 2.01. The molecule has 0 radical (unpaired) electrons. The molecule has 0 aliphatic carbocycles. The molecule has 1 aliphatic heterocycles. The van der Waals surface area contributed by atoms with Crippen molar-refractivity contribution in [3.8, 4) is 0 Å². The van der Waals surface area contributed by atoms with Gasteiger partial charge in [-0.3, -0.25) is 4.79 Å². The van der Waals surface area contributed by atoms with E-state index in [4.69, 9.17) is 0 Å². The molecule has 1 aliphatic rings. The van der Waals surface area contributed by atoms with E-state index in [1.54, 1.807) is 19.2 Å². The summed E-state index contributed by atoms with van der Waals surface area (Å²) in [5.41, 5.74) is -0.352. The zero-order valence-corrected chi connectivity index (χ0v) is 11.0. The number of rotatable bonds is 2. The summed E-state index contributed by atoms with van der Waals surface area (Å²) in [6, 6.07) is 1.72. The van der Waals surface area contributed by atoms with E-state index in [-0.39, 0.29) is 11.6 Å². The number of amides is 1. The zero-order valence-electron chi connectivity index (χ0n) is 11.0. The largest absolute Gasteiger partial charge is 0.480 e. The summed E-state index contributed by atoms with van der Waals surface area (Å²) >= 11 is 0. The normalized spacial score (nSPS) is 22.4. The lowest BCUT2D eigenvalue weighted by Gasteiger charge is -2.30. The first-order valence-electron chi connectivity index (χ1n) is 6.37. The Kier molecular flexibility index (Phi) is 2.70. The number of H-pyrrole nitrogens is 1. The number of nitrogens with zero attached hydrogens (tertiary/aromatic N) is 3. The number of likely N-dealkylation sites (tertiary alicyclic amines) is 1. The van der Waals surface area contributed by atoms with Crippen LogP contribution in [0.2, 0.25) is 0 Å². The highest BCUT2D eigenvalue weighted by molar-refractivity contribution is 6.05. The van der Waals surface area contributed by atoms with Crippen molar-refractivity contribution in [3.05, 3.63) is 24.3 Å². The highest BCUT2D eigenvalue weighted by atomic mass is 16.4. The van der Waals surface area contributed by atoms with Crippen molar-refractivity contribution >= 4 is 22.9 Å². The molecule has 2 aromatic rings. The minimum atomic E-state index is -1.16. The molecule has 7 nitrogen and oxygen atoms in total. The number of aromatic amines is 1. The fraction of sp³-hybridized carbons (Fsp3) is 0.385. The third-order valence-corrected chi connectivity index (χ3v) is 3.90. The van der Waals surface area contributed by atoms with Crippen molar-refractivity contribution in [3.63, 3.8) is 0 Å². The van der Waals surface area contributed by atoms with Gasteiger partial charge in [0.05, 0.1) is 5.39 Å². The Morgan fingerprint density at radius 3 is 3.00 bits per heavy atom. The number of fused-ring (bicyclic) bond motifs is 1. The van der Waals surface area contributed by atoms with Crippen molar-refractivity contribution in [1.82, 2.24) is 19.9 Å². The standard InChI is InChI=1S/C13H14N4O3/c1-13(12(19)20)4-2-6-17(13)11(18)9-8-3-5-14-10(8)16-7-15-9/h3,5,7H,2,4,6H2,1H3,(H,19,20)(H,14,15,16)/t13-/m1/s1. The molecule has 0 spiro atoms. The van der Waals surface area contributed by atoms with Crippen LogP contribution in [0.5, 0.6) is 0 Å². The molecular weight excluding hydrogens is 260 g/mol. The first-order chi connectivity index (χ1) is 9.54. The third-order valence-electron chi connectivity index (χ3n) is 3.90. The van der Waals surface area contributed by atoms with Crippen molar-refractivity contribution < 1.29 is 14.7 Å². The molecule has 0 aromatic carbocycles. The maximum atomic E-state index is 12.6. The number of hydrogen-bond acceptors (Lipinski definition) is 4. The van der Waals surface area contributed by atoms with Crippen molar-refractivity contribution in [1.29, 1.82) is 0 Å². The zero-order chi connectivity index (χ0) is 14.3. The maximum Gasteiger partial charge on any atom is 0.329 e. The smallest absolute Gasteiger partial charge is 0.329 e. The molecule has 3 heterocycles. The van der Waals surface area contributed by atoms with Crippen LogP contribution in [0, 0.1) is 0 Å². The molecule has 104 valence electrons. The van der Waals surface area contributed by atoms with E-state index in [2.05, 4.69) is 15.0 Å². The quantitative estimate of drug-likeness (QED) is 0.852. The summed E-state index contributed by atoms with van der Waals surface area (Å²) in [5.74, 6) is -1.35. The second-order valence-corrected chi connectivity index (χ2v) is 5.10. The monoisotopic (exact) mass is 274 g/mol. The molecule has 20 heavy (non-hydrogen) atoms. The lowest BCUT2D eigenvalue weighted by atomic mass is 9.99. The predicted octanol–water partition coefficient (Wildman–Crippen LogP) is 1.04. The number of nitrogens with one attached hydrogen (secondary N) is 1. The minimum Gasteiger partial charge on any atom is -0.480 e. The molecule has 2 aromatic heterocycles. The molecule has 2 N–H and O–H groups in total. The Morgan fingerprint density at radius 2 is 2.25 bits per heavy atom. The molecule has 0 unspecified atom stereocenters. The lowest BCUT2D eigenvalue weighted by Crippen LogP contribution is -2.51. The van der Waals surface area contributed by atoms with Crippen molar-refractivity contribution in [2.45, 2.75) is 25.3 Å². The van der Waals surface area contributed by atoms with Gasteiger partial charge in [-0.15, -0.1) is 0 Å². The number of carboxylic acids is 1. The van der Waals surface area contributed by atoms with Crippen LogP contribution in [0.1, 0.15) is 30.3 Å². The van der Waals surface area contributed by atoms with E-state index < -0.39 is 11.5 Å². The molecule has 1 fully saturated rings. The van der Waals surface area contributed by atoms with Crippen LogP contribution in [0.4, 0.5) is 0 Å². The second kappa shape index (κ2) is 4.29. The molecule has 1 saturated heterocycles. The molecule has 0 saturated carbocycles. The first-order valence-corrected chi connectivity index (χ1v) is 6.37. The summed E-state index contributed by atoms with van der Waals surface area (Å²) < 4.78 is 0. The molecule has 0 bridgehead atoms. The second-order valence-electron chi connectivity index (χ2n) is 5.10. The lowest BCUT2D eigenvalue weighted by molar-refractivity contribution is -0.147. The summed E-state index contributed by atoms with van der Waals surface area (Å²) in [7, 11) is 0. The van der Waals surface area contributed by atoms with E-state index >= 15 is 0 Å². The van der Waals surface area contributed by atoms with Gasteiger partial charge in [-0.2, -0.15) is 0 Å². The fourth-order valence-electron chi connectivity index (χ4n) is 2.68. The Hall–Kier alpha value is -2.44. The van der Waals surface area contributed by atoms with Crippen LogP contribution in [-0.2, 0) is 4.79 Å². The van der Waals surface area contributed by atoms with Crippen LogP contribution in [0.15, 0.2) is 18.6 Å². The average Bonchev–Trinajstić information content (AvgIpc) is 3.04. The van der Waals surface area contributed by atoms with Crippen molar-refractivity contribution in [2.24, 2.45) is 0 Å². The van der Waals surface area contributed by atoms with Gasteiger partial charge in [0.1, 0.15) is 23.2 Å². The van der Waals surface area contributed by atoms with Crippen molar-refractivity contribution in [2.75, 3.05) is 6.54 Å². The molecular formula is C13H14N4O3. The Balaban J connectivity index is 2.05. The topological polar surface area (TPSA) is 99.2 Å². The molecule has 3 rings (SSSR count). The Labute approximate surface area is 114 Å². The van der Waals surface area contributed by atoms with E-state index in [9.17, 15) is 14.7 Å². The van der Waals surface area contributed by atoms with Gasteiger partial charge in [-0.05, 0) is 25.8 Å². The van der Waals surface area contributed by atoms with Gasteiger partial charge in [0.2, 0.25) is 0 Å². The number of hydrogen-bond donors (Lipinski definition) is 2. The van der Waals surface area contributed by atoms with E-state index in [1.807, 2.05) is 0 Å². The SMILES string of the molecule is C[C@]1(C(=O)O)CCCN1C(=O)c1ncnc2[nH]ccc12. The Morgan fingerprint density at radius 1 is 1.45 bits per heavy atom. The minimum absolute atomic E-state index is 0.241. The van der Waals surface area contributed by atoms with Gasteiger partial charge in [0, 0.05) is 12.7 Å². The molecule has 1 atom stereocenters. The first kappa shape index (κ1) is 12.6. The van der Waals surface area contributed by atoms with Crippen LogP contribution >= 0.6 is 0 Å². The van der Waals surface area contributed by atoms with Crippen LogP contribution in [0.25, 0.3) is 11.0 Å². The number of carbonyl (C=O) groups is 2. The van der Waals surface area contributed by atoms with Crippen LogP contribution in [-0.4, -0.2) is 48.9 Å². The summed E-state index contributed by atoms with van der Waals surface area (Å²) in [6.07, 6.45) is 4.11. The molecule has 1 amide bonds. The number of carboxylic acid groups (broad SMARTS) is 1. The van der Waals surface area contributed by atoms with Gasteiger partial charge in [-0.1, -0.05) is 0 Å².